The number of oxime groups is 1. The van der Waals surface area contributed by atoms with Crippen molar-refractivity contribution in [3.63, 3.8) is 0 Å². The fraction of sp³-hybridized carbons (Fsp3) is 0.458. The number of hydrogen-bond donors (Lipinski definition) is 4. The second-order valence-corrected chi connectivity index (χ2v) is 11.5. The number of piperidine rings is 1. The number of thiazole rings is 1. The maximum absolute atomic E-state index is 13.0. The minimum atomic E-state index is -5.08. The number of β-lactam (4-membered cyclic amide) rings is 1. The van der Waals surface area contributed by atoms with Gasteiger partial charge in [-0.25, -0.2) is 14.6 Å². The molecule has 4 heterocycles. The van der Waals surface area contributed by atoms with Gasteiger partial charge in [0.2, 0.25) is 5.91 Å². The molecule has 0 radical (unpaired) electrons. The van der Waals surface area contributed by atoms with Crippen LogP contribution >= 0.6 is 23.1 Å². The highest BCUT2D eigenvalue weighted by atomic mass is 32.2. The Labute approximate surface area is 249 Å². The number of aliphatic carboxylic acids is 2. The second-order valence-electron chi connectivity index (χ2n) is 9.54. The predicted octanol–water partition coefficient (Wildman–Crippen LogP) is 1.16. The monoisotopic (exact) mass is 646 g/mol. The summed E-state index contributed by atoms with van der Waals surface area (Å²) in [6.45, 7) is 0.719. The number of aromatic nitrogens is 1. The molecular weight excluding hydrogens is 621 g/mol. The molecule has 43 heavy (non-hydrogen) atoms. The summed E-state index contributed by atoms with van der Waals surface area (Å²) >= 11 is 2.45. The molecule has 14 nitrogen and oxygen atoms in total. The Morgan fingerprint density at radius 2 is 1.93 bits per heavy atom. The number of fused-ring (bicyclic) bond motifs is 1. The van der Waals surface area contributed by atoms with Gasteiger partial charge in [0.15, 0.2) is 10.8 Å². The van der Waals surface area contributed by atoms with E-state index in [0.717, 1.165) is 37.1 Å². The van der Waals surface area contributed by atoms with Gasteiger partial charge in [-0.05, 0) is 37.3 Å². The van der Waals surface area contributed by atoms with Gasteiger partial charge in [-0.15, -0.1) is 23.1 Å². The number of alkyl halides is 3. The van der Waals surface area contributed by atoms with E-state index < -0.39 is 41.3 Å². The molecule has 232 valence electrons. The lowest BCUT2D eigenvalue weighted by molar-refractivity contribution is -0.192. The summed E-state index contributed by atoms with van der Waals surface area (Å²) in [5, 5.41) is 24.6. The molecule has 2 saturated heterocycles. The van der Waals surface area contributed by atoms with E-state index in [1.54, 1.807) is 11.5 Å². The Balaban J connectivity index is 0.000000541. The molecule has 1 aliphatic carbocycles. The molecule has 4 aliphatic rings. The molecule has 0 bridgehead atoms. The number of carbonyl (C=O) groups is 5. The zero-order valence-corrected chi connectivity index (χ0v) is 23.9. The summed E-state index contributed by atoms with van der Waals surface area (Å²) in [6.07, 6.45) is -0.0454. The number of halogens is 3. The Hall–Kier alpha value is -4.13. The van der Waals surface area contributed by atoms with Crippen molar-refractivity contribution in [2.45, 2.75) is 49.3 Å². The molecule has 2 atom stereocenters. The minimum absolute atomic E-state index is 0.0548. The zero-order chi connectivity index (χ0) is 31.6. The number of likely N-dealkylation sites (tertiary alicyclic amines) is 1. The molecular formula is C24H25F3N6O8S2. The van der Waals surface area contributed by atoms with E-state index >= 15 is 0 Å². The maximum Gasteiger partial charge on any atom is 0.490 e. The van der Waals surface area contributed by atoms with E-state index in [9.17, 15) is 37.5 Å². The van der Waals surface area contributed by atoms with Crippen LogP contribution in [0.15, 0.2) is 33.5 Å². The zero-order valence-electron chi connectivity index (χ0n) is 22.3. The number of hydrogen-bond acceptors (Lipinski definition) is 11. The number of nitrogens with one attached hydrogen (secondary N) is 1. The molecule has 1 aromatic rings. The number of carboxylic acid groups (broad SMARTS) is 2. The normalized spacial score (nSPS) is 23.3. The van der Waals surface area contributed by atoms with Crippen molar-refractivity contribution in [1.82, 2.24) is 20.1 Å². The van der Waals surface area contributed by atoms with E-state index in [0.29, 0.717) is 17.6 Å². The van der Waals surface area contributed by atoms with Crippen LogP contribution in [0.2, 0.25) is 0 Å². The number of carboxylic acids is 2. The molecule has 5 rings (SSSR count). The number of carbonyl (C=O) groups excluding carboxylic acids is 3. The van der Waals surface area contributed by atoms with E-state index in [2.05, 4.69) is 15.5 Å². The van der Waals surface area contributed by atoms with Crippen molar-refractivity contribution < 1.29 is 52.2 Å². The standard InChI is InChI=1S/C22H24N6O6S2.C2HF3O2/c1-34-26-14(13-9-36-22(23)24-13)17(29)25-15-19(31)28-16(21(32)33)11(8-35-20(15)28)7-10-3-2-6-27(18(10)30)12-4-5-12;3-2(4,5)1(6)7/h7,9,12,15,20H,2-6,8H2,1H3,(H2,23,24)(H,25,29)(H,32,33);(H,6,7)/t15-,20-;/m1./s1. The summed E-state index contributed by atoms with van der Waals surface area (Å²) in [7, 11) is 1.27. The van der Waals surface area contributed by atoms with Gasteiger partial charge in [-0.1, -0.05) is 5.16 Å². The van der Waals surface area contributed by atoms with Crippen LogP contribution in [-0.4, -0.2) is 103 Å². The van der Waals surface area contributed by atoms with Gasteiger partial charge in [-0.3, -0.25) is 19.3 Å². The fourth-order valence-electron chi connectivity index (χ4n) is 4.57. The number of anilines is 1. The topological polar surface area (TPSA) is 205 Å². The van der Waals surface area contributed by atoms with Crippen LogP contribution in [0.5, 0.6) is 0 Å². The predicted molar refractivity (Wildman–Crippen MR) is 145 cm³/mol. The quantitative estimate of drug-likeness (QED) is 0.143. The fourth-order valence-corrected chi connectivity index (χ4v) is 6.42. The first-order valence-corrected chi connectivity index (χ1v) is 14.5. The van der Waals surface area contributed by atoms with Crippen molar-refractivity contribution in [2.75, 3.05) is 25.1 Å². The Morgan fingerprint density at radius 1 is 1.26 bits per heavy atom. The SMILES string of the molecule is CON=C(C(=O)N[C@@H]1C(=O)N2C(C(=O)O)=C(C=C3CCCN(C4CC4)C3=O)CS[C@H]12)c1csc(N)n1.O=C(O)C(F)(F)F. The number of rotatable bonds is 7. The molecule has 0 unspecified atom stereocenters. The molecule has 3 amide bonds. The third kappa shape index (κ3) is 6.93. The van der Waals surface area contributed by atoms with E-state index in [1.165, 1.54) is 23.8 Å². The highest BCUT2D eigenvalue weighted by Gasteiger charge is 2.54. The van der Waals surface area contributed by atoms with Gasteiger partial charge in [0, 0.05) is 29.3 Å². The largest absolute Gasteiger partial charge is 0.490 e. The Bertz CT molecular complexity index is 1440. The molecule has 19 heteroatoms. The molecule has 1 aromatic heterocycles. The van der Waals surface area contributed by atoms with E-state index in [1.807, 2.05) is 4.90 Å². The summed E-state index contributed by atoms with van der Waals surface area (Å²) < 4.78 is 31.7. The van der Waals surface area contributed by atoms with Gasteiger partial charge < -0.3 is 31.0 Å². The van der Waals surface area contributed by atoms with Gasteiger partial charge in [0.05, 0.1) is 0 Å². The third-order valence-electron chi connectivity index (χ3n) is 6.61. The molecule has 3 fully saturated rings. The molecule has 3 aliphatic heterocycles. The Kier molecular flexibility index (Phi) is 9.33. The van der Waals surface area contributed by atoms with Crippen molar-refractivity contribution in [1.29, 1.82) is 0 Å². The minimum Gasteiger partial charge on any atom is -0.477 e. The summed E-state index contributed by atoms with van der Waals surface area (Å²) in [5.41, 5.74) is 6.54. The van der Waals surface area contributed by atoms with Crippen LogP contribution in [0, 0.1) is 0 Å². The van der Waals surface area contributed by atoms with Crippen LogP contribution in [0.4, 0.5) is 18.3 Å². The van der Waals surface area contributed by atoms with Gasteiger partial charge in [-0.2, -0.15) is 13.2 Å². The van der Waals surface area contributed by atoms with E-state index in [4.69, 9.17) is 20.5 Å². The average Bonchev–Trinajstić information content (AvgIpc) is 3.70. The number of nitrogens with zero attached hydrogens (tertiary/aromatic N) is 4. The maximum atomic E-state index is 13.0. The van der Waals surface area contributed by atoms with Gasteiger partial charge in [0.1, 0.15) is 29.9 Å². The van der Waals surface area contributed by atoms with Crippen LogP contribution in [0.1, 0.15) is 31.4 Å². The lowest BCUT2D eigenvalue weighted by atomic mass is 9.98. The number of allylic oxidation sites excluding steroid dienone is 1. The van der Waals surface area contributed by atoms with Crippen molar-refractivity contribution in [2.24, 2.45) is 5.16 Å². The molecule has 0 spiro atoms. The highest BCUT2D eigenvalue weighted by Crippen LogP contribution is 2.41. The number of thioether (sulfide) groups is 1. The Morgan fingerprint density at radius 3 is 2.47 bits per heavy atom. The van der Waals surface area contributed by atoms with Crippen LogP contribution in [0.25, 0.3) is 0 Å². The van der Waals surface area contributed by atoms with Crippen LogP contribution < -0.4 is 11.1 Å². The van der Waals surface area contributed by atoms with Crippen molar-refractivity contribution >= 4 is 63.6 Å². The number of nitrogens with two attached hydrogens (primary N) is 1. The molecule has 5 N–H and O–H groups in total. The van der Waals surface area contributed by atoms with Gasteiger partial charge >= 0.3 is 18.1 Å². The van der Waals surface area contributed by atoms with Crippen molar-refractivity contribution in [3.05, 3.63) is 34.0 Å². The average molecular weight is 647 g/mol. The number of nitrogen functional groups attached to an aromatic ring is 1. The smallest absolute Gasteiger partial charge is 0.477 e. The summed E-state index contributed by atoms with van der Waals surface area (Å²) in [4.78, 5) is 71.7. The first-order valence-electron chi connectivity index (χ1n) is 12.6. The van der Waals surface area contributed by atoms with Crippen LogP contribution in [0.3, 0.4) is 0 Å². The first-order chi connectivity index (χ1) is 20.2. The lowest BCUT2D eigenvalue weighted by Crippen LogP contribution is -2.71. The third-order valence-corrected chi connectivity index (χ3v) is 8.58. The number of amides is 3. The van der Waals surface area contributed by atoms with Crippen molar-refractivity contribution in [3.8, 4) is 0 Å². The summed E-state index contributed by atoms with van der Waals surface area (Å²) in [5.74, 6) is -5.04. The van der Waals surface area contributed by atoms with Gasteiger partial charge in [0.25, 0.3) is 11.8 Å². The molecule has 0 aromatic carbocycles. The second kappa shape index (κ2) is 12.6. The van der Waals surface area contributed by atoms with Crippen LogP contribution in [-0.2, 0) is 28.8 Å². The highest BCUT2D eigenvalue weighted by molar-refractivity contribution is 8.00. The molecule has 1 saturated carbocycles. The van der Waals surface area contributed by atoms with E-state index in [-0.39, 0.29) is 39.9 Å². The lowest BCUT2D eigenvalue weighted by Gasteiger charge is -2.49. The first kappa shape index (κ1) is 31.8. The summed E-state index contributed by atoms with van der Waals surface area (Å²) in [6, 6.07) is -0.668.